The molecule has 0 spiro atoms. The van der Waals surface area contributed by atoms with Crippen LogP contribution in [0, 0.1) is 12.8 Å². The molecule has 0 unspecified atom stereocenters. The van der Waals surface area contributed by atoms with Crippen LogP contribution in [-0.2, 0) is 17.3 Å². The Kier molecular flexibility index (Phi) is 8.08. The van der Waals surface area contributed by atoms with Crippen LogP contribution in [0.2, 0.25) is 0 Å². The molecule has 0 amide bonds. The van der Waals surface area contributed by atoms with E-state index in [-0.39, 0.29) is 34.0 Å². The fourth-order valence-electron chi connectivity index (χ4n) is 7.67. The molecule has 0 fully saturated rings. The lowest BCUT2D eigenvalue weighted by Gasteiger charge is -2.22. The third-order valence-electron chi connectivity index (χ3n) is 10.8. The maximum Gasteiger partial charge on any atom is 0.149 e. The molecule has 4 heteroatoms. The second kappa shape index (κ2) is 15.5. The van der Waals surface area contributed by atoms with Crippen molar-refractivity contribution in [2.24, 2.45) is 5.92 Å². The number of nitrogens with zero attached hydrogens (tertiary/aromatic N) is 3. The first-order valence-electron chi connectivity index (χ1n) is 24.2. The second-order valence-electron chi connectivity index (χ2n) is 17.9. The quantitative estimate of drug-likeness (QED) is 0.167. The Labute approximate surface area is 361 Å². The molecule has 2 aromatic heterocycles. The number of benzene rings is 6. The first-order chi connectivity index (χ1) is 31.5. The molecule has 0 radical (unpaired) electrons. The van der Waals surface area contributed by atoms with Gasteiger partial charge in [-0.3, -0.25) is 9.55 Å². The molecule has 1 N–H and O–H groups in total. The molecule has 2 heterocycles. The summed E-state index contributed by atoms with van der Waals surface area (Å²) >= 11 is 0. The first kappa shape index (κ1) is 30.8. The number of phenolic OH excluding ortho intramolecular Hbond substituents is 1. The lowest BCUT2D eigenvalue weighted by molar-refractivity contribution is 0.471. The Morgan fingerprint density at radius 3 is 2.08 bits per heavy atom. The number of rotatable bonds is 8. The minimum Gasteiger partial charge on any atom is -0.507 e. The number of phenols is 1. The Hall–Kier alpha value is -6.26. The van der Waals surface area contributed by atoms with E-state index in [1.165, 1.54) is 5.56 Å². The second-order valence-corrected chi connectivity index (χ2v) is 17.9. The Morgan fingerprint density at radius 2 is 1.37 bits per heavy atom. The molecule has 0 aliphatic heterocycles. The summed E-state index contributed by atoms with van der Waals surface area (Å²) in [6.45, 7) is 19.0. The van der Waals surface area contributed by atoms with Crippen molar-refractivity contribution in [1.82, 2.24) is 14.5 Å². The molecule has 0 atom stereocenters. The fourth-order valence-corrected chi connectivity index (χ4v) is 7.67. The number of aryl methyl sites for hydroxylation is 1. The van der Waals surface area contributed by atoms with E-state index in [9.17, 15) is 6.48 Å². The van der Waals surface area contributed by atoms with Gasteiger partial charge in [0.15, 0.2) is 0 Å². The van der Waals surface area contributed by atoms with E-state index < -0.39 is 47.8 Å². The van der Waals surface area contributed by atoms with E-state index in [1.54, 1.807) is 0 Å². The molecule has 8 aromatic rings. The monoisotopic (exact) mass is 781 g/mol. The van der Waals surface area contributed by atoms with Crippen molar-refractivity contribution in [3.63, 3.8) is 0 Å². The molecule has 59 heavy (non-hydrogen) atoms. The van der Waals surface area contributed by atoms with Crippen LogP contribution in [0.15, 0.2) is 146 Å². The normalized spacial score (nSPS) is 14.0. The van der Waals surface area contributed by atoms with Crippen LogP contribution in [-0.4, -0.2) is 19.6 Å². The predicted molar refractivity (Wildman–Crippen MR) is 248 cm³/mol. The van der Waals surface area contributed by atoms with Gasteiger partial charge in [0, 0.05) is 22.9 Å². The van der Waals surface area contributed by atoms with Gasteiger partial charge in [-0.1, -0.05) is 146 Å². The summed E-state index contributed by atoms with van der Waals surface area (Å²) < 4.78 is 71.6. The summed E-state index contributed by atoms with van der Waals surface area (Å²) in [6.07, 6.45) is 0.398. The standard InChI is InChI=1S/C55H55N3O/c1-35(2)27-37-23-24-49(46(29-37)39-19-14-11-15-20-39)58-50-22-16-21-45(51(50)57-53(58)47-34-43(54(4,5)6)28-36(3)52(47)59)41-30-42(32-44(31-41)55(7,8)9)48-33-40(25-26-56-48)38-17-12-10-13-18-38/h10-26,28-35,59H,27H2,1-9H3/i10D,12D,13D,17D,18D,25D,26D,33D. The van der Waals surface area contributed by atoms with E-state index in [0.29, 0.717) is 28.4 Å². The van der Waals surface area contributed by atoms with Crippen molar-refractivity contribution in [2.75, 3.05) is 0 Å². The van der Waals surface area contributed by atoms with Gasteiger partial charge in [0.25, 0.3) is 0 Å². The lowest BCUT2D eigenvalue weighted by atomic mass is 9.83. The van der Waals surface area contributed by atoms with Gasteiger partial charge >= 0.3 is 0 Å². The number of hydrogen-bond acceptors (Lipinski definition) is 3. The zero-order valence-electron chi connectivity index (χ0n) is 43.3. The van der Waals surface area contributed by atoms with Gasteiger partial charge < -0.3 is 5.11 Å². The maximum absolute atomic E-state index is 12.0. The molecule has 4 nitrogen and oxygen atoms in total. The molecular formula is C55H55N3O. The Balaban J connectivity index is 1.46. The predicted octanol–water partition coefficient (Wildman–Crippen LogP) is 14.6. The number of para-hydroxylation sites is 1. The zero-order valence-corrected chi connectivity index (χ0v) is 35.3. The van der Waals surface area contributed by atoms with Crippen molar-refractivity contribution < 1.29 is 16.1 Å². The van der Waals surface area contributed by atoms with Gasteiger partial charge in [-0.25, -0.2) is 4.98 Å². The zero-order chi connectivity index (χ0) is 48.6. The van der Waals surface area contributed by atoms with Gasteiger partial charge in [0.2, 0.25) is 0 Å². The van der Waals surface area contributed by atoms with Crippen LogP contribution in [0.25, 0.3) is 72.7 Å². The fraction of sp³-hybridized carbons (Fsp3) is 0.236. The number of imidazole rings is 1. The van der Waals surface area contributed by atoms with Crippen LogP contribution in [0.1, 0.15) is 88.6 Å². The number of hydrogen-bond donors (Lipinski definition) is 1. The maximum atomic E-state index is 12.0. The van der Waals surface area contributed by atoms with Crippen LogP contribution in [0.4, 0.5) is 0 Å². The van der Waals surface area contributed by atoms with Gasteiger partial charge in [0.05, 0.1) is 38.9 Å². The largest absolute Gasteiger partial charge is 0.507 e. The molecule has 6 aromatic carbocycles. The highest BCUT2D eigenvalue weighted by Gasteiger charge is 2.26. The molecule has 0 bridgehead atoms. The Bertz CT molecular complexity index is 3240. The first-order valence-corrected chi connectivity index (χ1v) is 20.2. The summed E-state index contributed by atoms with van der Waals surface area (Å²) in [5.74, 6) is 1.13. The number of aromatic hydroxyl groups is 1. The molecule has 0 saturated carbocycles. The number of fused-ring (bicyclic) bond motifs is 1. The minimum absolute atomic E-state index is 0.0296. The third-order valence-corrected chi connectivity index (χ3v) is 10.8. The van der Waals surface area contributed by atoms with Gasteiger partial charge in [-0.15, -0.1) is 0 Å². The highest BCUT2D eigenvalue weighted by atomic mass is 16.3. The van der Waals surface area contributed by atoms with E-state index in [4.69, 9.17) is 14.6 Å². The molecule has 0 aliphatic rings. The Morgan fingerprint density at radius 1 is 0.661 bits per heavy atom. The summed E-state index contributed by atoms with van der Waals surface area (Å²) in [5, 5.41) is 12.0. The van der Waals surface area contributed by atoms with E-state index in [1.807, 2.05) is 67.6 Å². The molecule has 0 aliphatic carbocycles. The van der Waals surface area contributed by atoms with Crippen LogP contribution < -0.4 is 0 Å². The molecule has 8 rings (SSSR count). The van der Waals surface area contributed by atoms with Gasteiger partial charge in [-0.2, -0.15) is 0 Å². The van der Waals surface area contributed by atoms with Crippen molar-refractivity contribution in [2.45, 2.75) is 79.6 Å². The van der Waals surface area contributed by atoms with Crippen molar-refractivity contribution in [3.05, 3.63) is 168 Å². The summed E-state index contributed by atoms with van der Waals surface area (Å²) in [7, 11) is 0. The average molecular weight is 782 g/mol. The van der Waals surface area contributed by atoms with Crippen molar-refractivity contribution in [1.29, 1.82) is 0 Å². The highest BCUT2D eigenvalue weighted by molar-refractivity contribution is 5.98. The van der Waals surface area contributed by atoms with Gasteiger partial charge in [0.1, 0.15) is 11.6 Å². The van der Waals surface area contributed by atoms with Crippen LogP contribution >= 0.6 is 0 Å². The average Bonchev–Trinajstić information content (AvgIpc) is 3.67. The van der Waals surface area contributed by atoms with Crippen molar-refractivity contribution in [3.8, 4) is 67.5 Å². The van der Waals surface area contributed by atoms with Crippen LogP contribution in [0.5, 0.6) is 5.75 Å². The molecule has 0 saturated heterocycles. The van der Waals surface area contributed by atoms with Gasteiger partial charge in [-0.05, 0) is 123 Å². The van der Waals surface area contributed by atoms with Crippen molar-refractivity contribution >= 4 is 11.0 Å². The smallest absolute Gasteiger partial charge is 0.149 e. The molecule has 296 valence electrons. The van der Waals surface area contributed by atoms with Crippen LogP contribution in [0.3, 0.4) is 0 Å². The van der Waals surface area contributed by atoms with E-state index in [0.717, 1.165) is 56.6 Å². The number of pyridine rings is 1. The summed E-state index contributed by atoms with van der Waals surface area (Å²) in [5.41, 5.74) is 9.53. The van der Waals surface area contributed by atoms with E-state index in [2.05, 4.69) is 101 Å². The molecular weight excluding hydrogens is 719 g/mol. The topological polar surface area (TPSA) is 50.9 Å². The van der Waals surface area contributed by atoms with E-state index >= 15 is 0 Å². The summed E-state index contributed by atoms with van der Waals surface area (Å²) in [4.78, 5) is 9.97. The summed E-state index contributed by atoms with van der Waals surface area (Å²) in [6, 6.07) is 29.0. The minimum atomic E-state index is -0.598. The number of aromatic nitrogens is 3. The highest BCUT2D eigenvalue weighted by Crippen LogP contribution is 2.44. The third kappa shape index (κ3) is 7.97. The lowest BCUT2D eigenvalue weighted by Crippen LogP contribution is -2.12. The SMILES string of the molecule is [2H]c1nc(-c2cc(-c3cccc4c3nc(-c3cc(C(C)(C)C)cc(C)c3O)n4-c3ccc(CC(C)C)cc3-c3ccccc3)cc(C(C)(C)C)c2)c([2H])c(-c2c([2H])c([2H])c([2H])c([2H])c2[2H])c1[2H].